The number of rotatable bonds is 3. The topological polar surface area (TPSA) is 43.7 Å². The standard InChI is InChI=1S/C14H20FNO2/c1-10(18)12-6-4-7-13(15)14(12)16-8-3-2-5-11(16)9-17/h4,6-7,10-11,17-18H,2-3,5,8-9H2,1H3/t10-,11?/m0/s1. The number of aliphatic hydroxyl groups excluding tert-OH is 2. The molecule has 2 N–H and O–H groups in total. The van der Waals surface area contributed by atoms with Gasteiger partial charge in [-0.05, 0) is 32.3 Å². The number of hydrogen-bond acceptors (Lipinski definition) is 3. The van der Waals surface area contributed by atoms with Crippen LogP contribution in [0.25, 0.3) is 0 Å². The minimum Gasteiger partial charge on any atom is -0.394 e. The lowest BCUT2D eigenvalue weighted by Gasteiger charge is -2.38. The van der Waals surface area contributed by atoms with Crippen molar-refractivity contribution < 1.29 is 14.6 Å². The number of hydrogen-bond donors (Lipinski definition) is 2. The van der Waals surface area contributed by atoms with E-state index in [1.54, 1.807) is 19.1 Å². The summed E-state index contributed by atoms with van der Waals surface area (Å²) < 4.78 is 14.1. The Morgan fingerprint density at radius 3 is 2.89 bits per heavy atom. The van der Waals surface area contributed by atoms with E-state index >= 15 is 0 Å². The highest BCUT2D eigenvalue weighted by molar-refractivity contribution is 5.57. The molecule has 1 fully saturated rings. The zero-order valence-corrected chi connectivity index (χ0v) is 10.6. The molecule has 1 heterocycles. The van der Waals surface area contributed by atoms with Crippen LogP contribution in [0.1, 0.15) is 37.9 Å². The van der Waals surface area contributed by atoms with Crippen molar-refractivity contribution >= 4 is 5.69 Å². The highest BCUT2D eigenvalue weighted by Crippen LogP contribution is 2.33. The molecule has 1 saturated heterocycles. The zero-order chi connectivity index (χ0) is 13.1. The van der Waals surface area contributed by atoms with Crippen LogP contribution in [-0.4, -0.2) is 29.4 Å². The summed E-state index contributed by atoms with van der Waals surface area (Å²) in [6, 6.07) is 4.71. The molecule has 100 valence electrons. The van der Waals surface area contributed by atoms with Gasteiger partial charge in [0.15, 0.2) is 0 Å². The minimum absolute atomic E-state index is 0.0214. The molecule has 4 heteroatoms. The SMILES string of the molecule is C[C@H](O)c1cccc(F)c1N1CCCCC1CO. The maximum Gasteiger partial charge on any atom is 0.146 e. The summed E-state index contributed by atoms with van der Waals surface area (Å²) in [6.45, 7) is 2.38. The van der Waals surface area contributed by atoms with Crippen molar-refractivity contribution in [2.45, 2.75) is 38.3 Å². The number of halogens is 1. The van der Waals surface area contributed by atoms with E-state index in [1.165, 1.54) is 6.07 Å². The average Bonchev–Trinajstić information content (AvgIpc) is 2.38. The van der Waals surface area contributed by atoms with Gasteiger partial charge in [-0.2, -0.15) is 0 Å². The van der Waals surface area contributed by atoms with Crippen molar-refractivity contribution in [3.05, 3.63) is 29.6 Å². The number of aliphatic hydroxyl groups is 2. The molecule has 18 heavy (non-hydrogen) atoms. The van der Waals surface area contributed by atoms with E-state index in [9.17, 15) is 14.6 Å². The first kappa shape index (κ1) is 13.3. The van der Waals surface area contributed by atoms with Gasteiger partial charge in [0.1, 0.15) is 5.82 Å². The van der Waals surface area contributed by atoms with E-state index in [2.05, 4.69) is 0 Å². The Bertz CT molecular complexity index is 409. The van der Waals surface area contributed by atoms with Crippen molar-refractivity contribution in [3.63, 3.8) is 0 Å². The van der Waals surface area contributed by atoms with Crippen molar-refractivity contribution in [2.75, 3.05) is 18.1 Å². The molecule has 0 radical (unpaired) electrons. The largest absolute Gasteiger partial charge is 0.394 e. The molecule has 0 aromatic heterocycles. The number of anilines is 1. The van der Waals surface area contributed by atoms with Gasteiger partial charge < -0.3 is 15.1 Å². The van der Waals surface area contributed by atoms with Crippen LogP contribution in [0.5, 0.6) is 0 Å². The average molecular weight is 253 g/mol. The maximum atomic E-state index is 14.1. The van der Waals surface area contributed by atoms with Crippen LogP contribution in [0.15, 0.2) is 18.2 Å². The van der Waals surface area contributed by atoms with Crippen LogP contribution in [0.3, 0.4) is 0 Å². The lowest BCUT2D eigenvalue weighted by molar-refractivity contribution is 0.197. The summed E-state index contributed by atoms with van der Waals surface area (Å²) in [5.41, 5.74) is 1.04. The maximum absolute atomic E-state index is 14.1. The van der Waals surface area contributed by atoms with Crippen molar-refractivity contribution in [1.29, 1.82) is 0 Å². The Hall–Kier alpha value is -1.13. The van der Waals surface area contributed by atoms with Crippen LogP contribution in [0.2, 0.25) is 0 Å². The molecule has 1 aliphatic heterocycles. The summed E-state index contributed by atoms with van der Waals surface area (Å²) in [4.78, 5) is 1.90. The van der Waals surface area contributed by atoms with Gasteiger partial charge in [-0.25, -0.2) is 4.39 Å². The highest BCUT2D eigenvalue weighted by atomic mass is 19.1. The Morgan fingerprint density at radius 2 is 2.22 bits per heavy atom. The first-order chi connectivity index (χ1) is 8.65. The predicted octanol–water partition coefficient (Wildman–Crippen LogP) is 2.23. The molecule has 1 aliphatic rings. The molecular formula is C14H20FNO2. The van der Waals surface area contributed by atoms with Crippen LogP contribution in [-0.2, 0) is 0 Å². The van der Waals surface area contributed by atoms with E-state index in [4.69, 9.17) is 0 Å². The first-order valence-corrected chi connectivity index (χ1v) is 6.49. The van der Waals surface area contributed by atoms with Gasteiger partial charge in [0.2, 0.25) is 0 Å². The number of nitrogens with zero attached hydrogens (tertiary/aromatic N) is 1. The fourth-order valence-corrected chi connectivity index (χ4v) is 2.66. The Kier molecular flexibility index (Phi) is 4.19. The van der Waals surface area contributed by atoms with Crippen LogP contribution in [0.4, 0.5) is 10.1 Å². The minimum atomic E-state index is -0.711. The second-order valence-electron chi connectivity index (χ2n) is 4.88. The van der Waals surface area contributed by atoms with Crippen LogP contribution >= 0.6 is 0 Å². The lowest BCUT2D eigenvalue weighted by Crippen LogP contribution is -2.43. The van der Waals surface area contributed by atoms with Gasteiger partial charge in [-0.15, -0.1) is 0 Å². The molecule has 3 nitrogen and oxygen atoms in total. The molecule has 0 bridgehead atoms. The van der Waals surface area contributed by atoms with E-state index in [0.29, 0.717) is 11.3 Å². The highest BCUT2D eigenvalue weighted by Gasteiger charge is 2.27. The van der Waals surface area contributed by atoms with E-state index in [-0.39, 0.29) is 18.5 Å². The van der Waals surface area contributed by atoms with E-state index in [1.807, 2.05) is 4.90 Å². The van der Waals surface area contributed by atoms with Gasteiger partial charge in [0.25, 0.3) is 0 Å². The molecule has 1 aromatic rings. The van der Waals surface area contributed by atoms with Gasteiger partial charge in [0.05, 0.1) is 24.4 Å². The van der Waals surface area contributed by atoms with Crippen molar-refractivity contribution in [3.8, 4) is 0 Å². The number of para-hydroxylation sites is 1. The molecule has 2 rings (SSSR count). The van der Waals surface area contributed by atoms with E-state index in [0.717, 1.165) is 25.8 Å². The molecule has 0 aliphatic carbocycles. The Balaban J connectivity index is 2.41. The van der Waals surface area contributed by atoms with Gasteiger partial charge in [-0.1, -0.05) is 12.1 Å². The molecule has 1 unspecified atom stereocenters. The normalized spacial score (nSPS) is 22.0. The zero-order valence-electron chi connectivity index (χ0n) is 10.6. The second kappa shape index (κ2) is 5.67. The number of benzene rings is 1. The molecule has 0 amide bonds. The van der Waals surface area contributed by atoms with Crippen molar-refractivity contribution in [2.24, 2.45) is 0 Å². The quantitative estimate of drug-likeness (QED) is 0.868. The van der Waals surface area contributed by atoms with Crippen LogP contribution < -0.4 is 4.90 Å². The number of piperidine rings is 1. The lowest BCUT2D eigenvalue weighted by atomic mass is 9.98. The molecule has 0 saturated carbocycles. The van der Waals surface area contributed by atoms with Gasteiger partial charge in [0, 0.05) is 12.1 Å². The summed E-state index contributed by atoms with van der Waals surface area (Å²) in [5.74, 6) is -0.325. The summed E-state index contributed by atoms with van der Waals surface area (Å²) in [7, 11) is 0. The molecular weight excluding hydrogens is 233 g/mol. The predicted molar refractivity (Wildman–Crippen MR) is 69.1 cm³/mol. The Labute approximate surface area is 107 Å². The first-order valence-electron chi connectivity index (χ1n) is 6.49. The van der Waals surface area contributed by atoms with Crippen LogP contribution in [0, 0.1) is 5.82 Å². The molecule has 0 spiro atoms. The van der Waals surface area contributed by atoms with Gasteiger partial charge >= 0.3 is 0 Å². The van der Waals surface area contributed by atoms with Crippen molar-refractivity contribution in [1.82, 2.24) is 0 Å². The van der Waals surface area contributed by atoms with Gasteiger partial charge in [-0.3, -0.25) is 0 Å². The third-order valence-electron chi connectivity index (χ3n) is 3.59. The molecule has 1 aromatic carbocycles. The monoisotopic (exact) mass is 253 g/mol. The summed E-state index contributed by atoms with van der Waals surface area (Å²) in [6.07, 6.45) is 2.20. The third-order valence-corrected chi connectivity index (χ3v) is 3.59. The Morgan fingerprint density at radius 1 is 1.44 bits per heavy atom. The smallest absolute Gasteiger partial charge is 0.146 e. The summed E-state index contributed by atoms with van der Waals surface area (Å²) >= 11 is 0. The fraction of sp³-hybridized carbons (Fsp3) is 0.571. The molecule has 2 atom stereocenters. The third kappa shape index (κ3) is 2.49. The second-order valence-corrected chi connectivity index (χ2v) is 4.88. The summed E-state index contributed by atoms with van der Waals surface area (Å²) in [5, 5.41) is 19.2. The fourth-order valence-electron chi connectivity index (χ4n) is 2.66. The van der Waals surface area contributed by atoms with E-state index < -0.39 is 6.10 Å².